The molecular formula is C22H19F3N2O4S. The lowest BCUT2D eigenvalue weighted by Gasteiger charge is -2.14. The minimum atomic E-state index is -4.61. The van der Waals surface area contributed by atoms with Gasteiger partial charge in [0.2, 0.25) is 10.0 Å². The number of carbonyl (C=O) groups is 1. The van der Waals surface area contributed by atoms with Crippen LogP contribution in [-0.2, 0) is 27.5 Å². The van der Waals surface area contributed by atoms with Crippen LogP contribution in [0.5, 0.6) is 5.75 Å². The molecule has 0 radical (unpaired) electrons. The van der Waals surface area contributed by atoms with Crippen LogP contribution in [0.4, 0.5) is 18.9 Å². The number of nitrogens with one attached hydrogen (secondary N) is 2. The minimum Gasteiger partial charge on any atom is -0.484 e. The maximum Gasteiger partial charge on any atom is 0.418 e. The van der Waals surface area contributed by atoms with E-state index in [9.17, 15) is 26.4 Å². The standard InChI is InChI=1S/C22H19F3N2O4S/c23-22(24,25)19-8-4-5-9-20(19)27-21(28)15-31-17-10-12-18(13-11-17)32(29,30)26-14-16-6-2-1-3-7-16/h1-13,26H,14-15H2,(H,27,28). The molecule has 0 bridgehead atoms. The molecule has 0 fully saturated rings. The quantitative estimate of drug-likeness (QED) is 0.523. The van der Waals surface area contributed by atoms with Gasteiger partial charge in [-0.2, -0.15) is 13.2 Å². The summed E-state index contributed by atoms with van der Waals surface area (Å²) >= 11 is 0. The maximum atomic E-state index is 13.0. The Labute approximate surface area is 183 Å². The van der Waals surface area contributed by atoms with Gasteiger partial charge in [0.15, 0.2) is 6.61 Å². The number of carbonyl (C=O) groups excluding carboxylic acids is 1. The van der Waals surface area contributed by atoms with E-state index in [0.717, 1.165) is 17.7 Å². The van der Waals surface area contributed by atoms with E-state index in [4.69, 9.17) is 4.74 Å². The van der Waals surface area contributed by atoms with Crippen LogP contribution >= 0.6 is 0 Å². The van der Waals surface area contributed by atoms with E-state index in [1.165, 1.54) is 36.4 Å². The van der Waals surface area contributed by atoms with Crippen molar-refractivity contribution in [1.29, 1.82) is 0 Å². The fourth-order valence-corrected chi connectivity index (χ4v) is 3.76. The minimum absolute atomic E-state index is 0.00402. The molecule has 0 aliphatic heterocycles. The van der Waals surface area contributed by atoms with Crippen molar-refractivity contribution < 1.29 is 31.1 Å². The second-order valence-electron chi connectivity index (χ2n) is 6.66. The van der Waals surface area contributed by atoms with Crippen LogP contribution in [0.3, 0.4) is 0 Å². The predicted octanol–water partition coefficient (Wildman–Crippen LogP) is 4.20. The maximum absolute atomic E-state index is 13.0. The molecule has 0 saturated carbocycles. The summed E-state index contributed by atoms with van der Waals surface area (Å²) in [5, 5.41) is 2.17. The van der Waals surface area contributed by atoms with Crippen molar-refractivity contribution in [3.63, 3.8) is 0 Å². The highest BCUT2D eigenvalue weighted by Crippen LogP contribution is 2.34. The Bertz CT molecular complexity index is 1170. The number of rotatable bonds is 8. The van der Waals surface area contributed by atoms with Gasteiger partial charge in [0, 0.05) is 6.54 Å². The highest BCUT2D eigenvalue weighted by atomic mass is 32.2. The number of alkyl halides is 3. The number of para-hydroxylation sites is 1. The molecule has 0 aliphatic carbocycles. The fraction of sp³-hybridized carbons (Fsp3) is 0.136. The lowest BCUT2D eigenvalue weighted by atomic mass is 10.1. The summed E-state index contributed by atoms with van der Waals surface area (Å²) in [5.74, 6) is -0.603. The van der Waals surface area contributed by atoms with Crippen molar-refractivity contribution in [2.75, 3.05) is 11.9 Å². The van der Waals surface area contributed by atoms with Crippen LogP contribution in [0.2, 0.25) is 0 Å². The smallest absolute Gasteiger partial charge is 0.418 e. The normalized spacial score (nSPS) is 11.7. The second-order valence-corrected chi connectivity index (χ2v) is 8.43. The Kier molecular flexibility index (Phi) is 7.16. The first kappa shape index (κ1) is 23.3. The number of amides is 1. The molecule has 0 aromatic heterocycles. The van der Waals surface area contributed by atoms with Crippen molar-refractivity contribution in [3.05, 3.63) is 90.0 Å². The van der Waals surface area contributed by atoms with Gasteiger partial charge >= 0.3 is 6.18 Å². The van der Waals surface area contributed by atoms with Gasteiger partial charge < -0.3 is 10.1 Å². The molecule has 3 aromatic carbocycles. The number of hydrogen-bond donors (Lipinski definition) is 2. The summed E-state index contributed by atoms with van der Waals surface area (Å²) < 4.78 is 71.5. The third kappa shape index (κ3) is 6.32. The molecule has 6 nitrogen and oxygen atoms in total. The number of ether oxygens (including phenoxy) is 1. The van der Waals surface area contributed by atoms with Crippen molar-refractivity contribution in [1.82, 2.24) is 4.72 Å². The topological polar surface area (TPSA) is 84.5 Å². The van der Waals surface area contributed by atoms with E-state index in [1.807, 2.05) is 6.07 Å². The van der Waals surface area contributed by atoms with E-state index in [-0.39, 0.29) is 22.9 Å². The number of benzene rings is 3. The molecule has 0 atom stereocenters. The molecule has 0 aliphatic rings. The molecule has 0 unspecified atom stereocenters. The van der Waals surface area contributed by atoms with E-state index in [1.54, 1.807) is 24.3 Å². The molecule has 3 aromatic rings. The largest absolute Gasteiger partial charge is 0.484 e. The van der Waals surface area contributed by atoms with Crippen LogP contribution < -0.4 is 14.8 Å². The van der Waals surface area contributed by atoms with Gasteiger partial charge in [0.25, 0.3) is 5.91 Å². The van der Waals surface area contributed by atoms with E-state index < -0.39 is 34.3 Å². The van der Waals surface area contributed by atoms with Crippen molar-refractivity contribution in [2.45, 2.75) is 17.6 Å². The lowest BCUT2D eigenvalue weighted by Crippen LogP contribution is -2.23. The number of hydrogen-bond acceptors (Lipinski definition) is 4. The van der Waals surface area contributed by atoms with Crippen LogP contribution in [0.15, 0.2) is 83.8 Å². The van der Waals surface area contributed by atoms with Crippen molar-refractivity contribution in [3.8, 4) is 5.75 Å². The van der Waals surface area contributed by atoms with Gasteiger partial charge in [0.1, 0.15) is 5.75 Å². The highest BCUT2D eigenvalue weighted by Gasteiger charge is 2.33. The Balaban J connectivity index is 1.56. The average Bonchev–Trinajstić information content (AvgIpc) is 2.77. The van der Waals surface area contributed by atoms with Crippen molar-refractivity contribution >= 4 is 21.6 Å². The summed E-state index contributed by atoms with van der Waals surface area (Å²) in [7, 11) is -3.76. The van der Waals surface area contributed by atoms with Crippen LogP contribution in [0.1, 0.15) is 11.1 Å². The zero-order chi connectivity index (χ0) is 23.2. The first-order chi connectivity index (χ1) is 15.1. The van der Waals surface area contributed by atoms with Gasteiger partial charge in [-0.15, -0.1) is 0 Å². The van der Waals surface area contributed by atoms with E-state index in [2.05, 4.69) is 10.0 Å². The van der Waals surface area contributed by atoms with Crippen molar-refractivity contribution in [2.24, 2.45) is 0 Å². The third-order valence-electron chi connectivity index (χ3n) is 4.32. The molecule has 0 spiro atoms. The molecule has 3 rings (SSSR count). The lowest BCUT2D eigenvalue weighted by molar-refractivity contribution is -0.137. The molecule has 0 saturated heterocycles. The summed E-state index contributed by atoms with van der Waals surface area (Å²) in [6.45, 7) is -0.425. The molecule has 32 heavy (non-hydrogen) atoms. The Morgan fingerprint density at radius 2 is 1.50 bits per heavy atom. The Hall–Kier alpha value is -3.37. The SMILES string of the molecule is O=C(COc1ccc(S(=O)(=O)NCc2ccccc2)cc1)Nc1ccccc1C(F)(F)F. The number of sulfonamides is 1. The van der Waals surface area contributed by atoms with E-state index in [0.29, 0.717) is 0 Å². The summed E-state index contributed by atoms with van der Waals surface area (Å²) in [5.41, 5.74) is -0.542. The first-order valence-electron chi connectivity index (χ1n) is 9.38. The van der Waals surface area contributed by atoms with Gasteiger partial charge in [-0.3, -0.25) is 4.79 Å². The molecule has 1 amide bonds. The second kappa shape index (κ2) is 9.84. The summed E-state index contributed by atoms with van der Waals surface area (Å²) in [4.78, 5) is 12.0. The fourth-order valence-electron chi connectivity index (χ4n) is 2.75. The summed E-state index contributed by atoms with van der Waals surface area (Å²) in [6.07, 6.45) is -4.61. The van der Waals surface area contributed by atoms with Crippen LogP contribution in [0, 0.1) is 0 Å². The van der Waals surface area contributed by atoms with Gasteiger partial charge in [-0.05, 0) is 42.0 Å². The molecule has 168 valence electrons. The zero-order valence-electron chi connectivity index (χ0n) is 16.6. The monoisotopic (exact) mass is 464 g/mol. The first-order valence-corrected chi connectivity index (χ1v) is 10.9. The molecular weight excluding hydrogens is 445 g/mol. The highest BCUT2D eigenvalue weighted by molar-refractivity contribution is 7.89. The molecule has 0 heterocycles. The Morgan fingerprint density at radius 1 is 0.875 bits per heavy atom. The van der Waals surface area contributed by atoms with Gasteiger partial charge in [-0.25, -0.2) is 13.1 Å². The van der Waals surface area contributed by atoms with Crippen LogP contribution in [0.25, 0.3) is 0 Å². The Morgan fingerprint density at radius 3 is 2.16 bits per heavy atom. The van der Waals surface area contributed by atoms with Crippen LogP contribution in [-0.4, -0.2) is 20.9 Å². The van der Waals surface area contributed by atoms with Gasteiger partial charge in [-0.1, -0.05) is 42.5 Å². The summed E-state index contributed by atoms with van der Waals surface area (Å²) in [6, 6.07) is 18.9. The van der Waals surface area contributed by atoms with Gasteiger partial charge in [0.05, 0.1) is 16.1 Å². The zero-order valence-corrected chi connectivity index (χ0v) is 17.4. The molecule has 10 heteroatoms. The number of anilines is 1. The predicted molar refractivity (Wildman–Crippen MR) is 112 cm³/mol. The van der Waals surface area contributed by atoms with E-state index >= 15 is 0 Å². The molecule has 2 N–H and O–H groups in total. The number of halogens is 3. The average molecular weight is 464 g/mol. The third-order valence-corrected chi connectivity index (χ3v) is 5.74.